The molecule has 0 aliphatic carbocycles. The summed E-state index contributed by atoms with van der Waals surface area (Å²) in [6.45, 7) is 0.0639. The number of aliphatic hydroxyl groups excluding tert-OH is 4. The van der Waals surface area contributed by atoms with Crippen molar-refractivity contribution in [3.63, 3.8) is 0 Å². The average Bonchev–Trinajstić information content (AvgIpc) is 2.34. The molecule has 7 nitrogen and oxygen atoms in total. The lowest BCUT2D eigenvalue weighted by atomic mass is 10.3. The predicted molar refractivity (Wildman–Crippen MR) is 56.9 cm³/mol. The third-order valence-electron chi connectivity index (χ3n) is 1.70. The van der Waals surface area contributed by atoms with E-state index in [1.807, 2.05) is 0 Å². The highest BCUT2D eigenvalue weighted by molar-refractivity contribution is 5.87. The van der Waals surface area contributed by atoms with E-state index in [0.29, 0.717) is 0 Å². The molecule has 0 radical (unpaired) electrons. The minimum absolute atomic E-state index is 0.139. The number of carbonyl (C=O) groups is 1. The maximum Gasteiger partial charge on any atom is 0.336 e. The maximum absolute atomic E-state index is 11.2. The van der Waals surface area contributed by atoms with E-state index in [4.69, 9.17) is 25.2 Å². The van der Waals surface area contributed by atoms with E-state index in [-0.39, 0.29) is 18.8 Å². The van der Waals surface area contributed by atoms with Crippen LogP contribution in [0.5, 0.6) is 0 Å². The largest absolute Gasteiger partial charge is 0.498 e. The highest BCUT2D eigenvalue weighted by Crippen LogP contribution is 1.99. The van der Waals surface area contributed by atoms with Gasteiger partial charge in [-0.25, -0.2) is 4.79 Å². The zero-order valence-corrected chi connectivity index (χ0v) is 9.57. The maximum atomic E-state index is 11.2. The molecule has 2 atom stereocenters. The molecule has 7 heteroatoms. The summed E-state index contributed by atoms with van der Waals surface area (Å²) in [6.07, 6.45) is -1.03. The molecule has 0 saturated heterocycles. The van der Waals surface area contributed by atoms with Crippen molar-refractivity contribution in [2.24, 2.45) is 0 Å². The highest BCUT2D eigenvalue weighted by atomic mass is 16.5. The van der Waals surface area contributed by atoms with Crippen LogP contribution in [0.4, 0.5) is 0 Å². The molecule has 0 aromatic rings. The Hall–Kier alpha value is -1.15. The smallest absolute Gasteiger partial charge is 0.336 e. The van der Waals surface area contributed by atoms with Crippen LogP contribution in [-0.4, -0.2) is 65.0 Å². The first-order valence-electron chi connectivity index (χ1n) is 5.04. The zero-order valence-electron chi connectivity index (χ0n) is 9.57. The fourth-order valence-electron chi connectivity index (χ4n) is 0.723. The first-order valence-corrected chi connectivity index (χ1v) is 5.04. The van der Waals surface area contributed by atoms with Crippen LogP contribution in [0.1, 0.15) is 6.92 Å². The summed E-state index contributed by atoms with van der Waals surface area (Å²) in [5.74, 6) is -0.698. The molecule has 0 aromatic carbocycles. The Bertz CT molecular complexity index is 251. The number of aliphatic hydroxyl groups is 4. The number of carbonyl (C=O) groups excluding carboxylic acids is 1. The van der Waals surface area contributed by atoms with Gasteiger partial charge in [0.05, 0.1) is 25.0 Å². The van der Waals surface area contributed by atoms with Crippen LogP contribution >= 0.6 is 0 Å². The molecule has 4 N–H and O–H groups in total. The van der Waals surface area contributed by atoms with Crippen molar-refractivity contribution in [1.82, 2.24) is 0 Å². The van der Waals surface area contributed by atoms with Crippen molar-refractivity contribution in [3.05, 3.63) is 11.8 Å². The van der Waals surface area contributed by atoms with Crippen molar-refractivity contribution >= 4 is 5.97 Å². The molecule has 0 rings (SSSR count). The molecule has 0 aromatic heterocycles. The van der Waals surface area contributed by atoms with Crippen LogP contribution in [0, 0.1) is 0 Å². The Labute approximate surface area is 98.9 Å². The summed E-state index contributed by atoms with van der Waals surface area (Å²) in [4.78, 5) is 11.2. The van der Waals surface area contributed by atoms with Gasteiger partial charge in [0, 0.05) is 0 Å². The van der Waals surface area contributed by atoms with Gasteiger partial charge in [0.25, 0.3) is 0 Å². The lowest BCUT2D eigenvalue weighted by Gasteiger charge is -2.09. The molecule has 0 aliphatic rings. The van der Waals surface area contributed by atoms with E-state index >= 15 is 0 Å². The normalized spacial score (nSPS) is 15.2. The van der Waals surface area contributed by atoms with Gasteiger partial charge in [-0.3, -0.25) is 0 Å². The molecule has 17 heavy (non-hydrogen) atoms. The minimum atomic E-state index is -1.11. The third-order valence-corrected chi connectivity index (χ3v) is 1.70. The quantitative estimate of drug-likeness (QED) is 0.227. The molecule has 0 amide bonds. The third kappa shape index (κ3) is 7.70. The summed E-state index contributed by atoms with van der Waals surface area (Å²) < 4.78 is 9.45. The topological polar surface area (TPSA) is 116 Å². The van der Waals surface area contributed by atoms with Gasteiger partial charge < -0.3 is 29.9 Å². The fourth-order valence-corrected chi connectivity index (χ4v) is 0.723. The second-order valence-electron chi connectivity index (χ2n) is 3.41. The molecule has 0 aliphatic heterocycles. The fraction of sp³-hybridized carbons (Fsp3) is 0.700. The average molecular weight is 250 g/mol. The molecular formula is C10H18O7. The predicted octanol–water partition coefficient (Wildman–Crippen LogP) is -1.84. The van der Waals surface area contributed by atoms with E-state index in [2.05, 4.69) is 4.74 Å². The van der Waals surface area contributed by atoms with E-state index in [0.717, 1.165) is 6.26 Å². The first kappa shape index (κ1) is 15.9. The Balaban J connectivity index is 3.91. The highest BCUT2D eigenvalue weighted by Gasteiger charge is 2.10. The van der Waals surface area contributed by atoms with Gasteiger partial charge >= 0.3 is 5.97 Å². The van der Waals surface area contributed by atoms with Gasteiger partial charge in [-0.15, -0.1) is 0 Å². The second kappa shape index (κ2) is 8.94. The lowest BCUT2D eigenvalue weighted by molar-refractivity contribution is -0.142. The summed E-state index contributed by atoms with van der Waals surface area (Å²) >= 11 is 0. The second-order valence-corrected chi connectivity index (χ2v) is 3.41. The van der Waals surface area contributed by atoms with E-state index in [1.165, 1.54) is 6.92 Å². The van der Waals surface area contributed by atoms with Crippen LogP contribution in [0.25, 0.3) is 0 Å². The number of hydrogen-bond acceptors (Lipinski definition) is 7. The number of esters is 1. The zero-order chi connectivity index (χ0) is 13.3. The summed E-state index contributed by atoms with van der Waals surface area (Å²) in [5.41, 5.74) is 0.139. The van der Waals surface area contributed by atoms with Crippen molar-refractivity contribution in [2.45, 2.75) is 19.1 Å². The lowest BCUT2D eigenvalue weighted by Crippen LogP contribution is -2.22. The number of ether oxygens (including phenoxy) is 2. The van der Waals surface area contributed by atoms with Gasteiger partial charge in [0.1, 0.15) is 25.4 Å². The Morgan fingerprint density at radius 1 is 1.18 bits per heavy atom. The molecular weight excluding hydrogens is 232 g/mol. The summed E-state index contributed by atoms with van der Waals surface area (Å²) in [6, 6.07) is 0. The van der Waals surface area contributed by atoms with Gasteiger partial charge in [0.2, 0.25) is 0 Å². The van der Waals surface area contributed by atoms with Gasteiger partial charge in [-0.2, -0.15) is 0 Å². The van der Waals surface area contributed by atoms with Crippen LogP contribution in [0.15, 0.2) is 11.8 Å². The molecule has 0 bridgehead atoms. The molecule has 0 saturated carbocycles. The van der Waals surface area contributed by atoms with E-state index in [1.54, 1.807) is 0 Å². The van der Waals surface area contributed by atoms with Crippen molar-refractivity contribution < 1.29 is 34.7 Å². The number of rotatable bonds is 8. The van der Waals surface area contributed by atoms with E-state index in [9.17, 15) is 4.79 Å². The summed E-state index contributed by atoms with van der Waals surface area (Å²) in [7, 11) is 0. The van der Waals surface area contributed by atoms with Crippen molar-refractivity contribution in [1.29, 1.82) is 0 Å². The molecule has 0 fully saturated rings. The van der Waals surface area contributed by atoms with Crippen molar-refractivity contribution in [3.8, 4) is 0 Å². The van der Waals surface area contributed by atoms with Crippen molar-refractivity contribution in [2.75, 3.05) is 26.4 Å². The Kier molecular flexibility index (Phi) is 8.34. The molecule has 2 unspecified atom stereocenters. The SMILES string of the molecule is CC(=COCC(O)CO)C(=O)OCC(O)CO. The monoisotopic (exact) mass is 250 g/mol. The first-order chi connectivity index (χ1) is 8.01. The van der Waals surface area contributed by atoms with Crippen LogP contribution in [0.3, 0.4) is 0 Å². The molecule has 0 spiro atoms. The van der Waals surface area contributed by atoms with Crippen LogP contribution < -0.4 is 0 Å². The number of hydrogen-bond donors (Lipinski definition) is 4. The molecule has 100 valence electrons. The standard InChI is InChI=1S/C10H18O7/c1-7(4-16-5-8(13)2-11)10(15)17-6-9(14)3-12/h4,8-9,11-14H,2-3,5-6H2,1H3. The minimum Gasteiger partial charge on any atom is -0.498 e. The van der Waals surface area contributed by atoms with Gasteiger partial charge in [-0.1, -0.05) is 0 Å². The Morgan fingerprint density at radius 2 is 1.71 bits per heavy atom. The van der Waals surface area contributed by atoms with E-state index < -0.39 is 31.4 Å². The Morgan fingerprint density at radius 3 is 2.24 bits per heavy atom. The summed E-state index contributed by atoms with van der Waals surface area (Å²) in [5, 5.41) is 34.8. The van der Waals surface area contributed by atoms with Gasteiger partial charge in [0.15, 0.2) is 0 Å². The molecule has 0 heterocycles. The van der Waals surface area contributed by atoms with Gasteiger partial charge in [-0.05, 0) is 6.92 Å². The van der Waals surface area contributed by atoms with Crippen LogP contribution in [-0.2, 0) is 14.3 Å². The van der Waals surface area contributed by atoms with Crippen LogP contribution in [0.2, 0.25) is 0 Å².